The van der Waals surface area contributed by atoms with E-state index in [9.17, 15) is 103 Å². The lowest BCUT2D eigenvalue weighted by atomic mass is 9.94. The lowest BCUT2D eigenvalue weighted by Gasteiger charge is -2.36. The van der Waals surface area contributed by atoms with E-state index in [0.29, 0.717) is 12.0 Å². The van der Waals surface area contributed by atoms with Gasteiger partial charge in [-0.2, -0.15) is 79.0 Å². The van der Waals surface area contributed by atoms with E-state index in [-0.39, 0.29) is 10.6 Å². The second-order valence-electron chi connectivity index (χ2n) is 20.1. The van der Waals surface area contributed by atoms with Crippen LogP contribution in [0.4, 0.5) is 79.0 Å². The third-order valence-electron chi connectivity index (χ3n) is 10.7. The number of alkyl halides is 18. The molecule has 1 aliphatic rings. The number of halogens is 18. The summed E-state index contributed by atoms with van der Waals surface area (Å²) >= 11 is 0. The topological polar surface area (TPSA) is 164 Å². The highest BCUT2D eigenvalue weighted by Crippen LogP contribution is 2.48. The van der Waals surface area contributed by atoms with E-state index in [1.165, 1.54) is 27.0 Å². The van der Waals surface area contributed by atoms with Crippen LogP contribution in [0.15, 0.2) is 24.0 Å². The number of carbonyl (C=O) groups is 4. The maximum absolute atomic E-state index is 13.2. The van der Waals surface area contributed by atoms with Crippen molar-refractivity contribution in [3.05, 3.63) is 24.0 Å². The van der Waals surface area contributed by atoms with E-state index in [0.717, 1.165) is 19.1 Å². The van der Waals surface area contributed by atoms with Gasteiger partial charge in [0, 0.05) is 25.7 Å². The van der Waals surface area contributed by atoms with Gasteiger partial charge in [0.1, 0.15) is 0 Å². The number of Topliss-reactive ketones (excluding diaryl/α,β-unsaturated/α-hetero) is 1. The van der Waals surface area contributed by atoms with Gasteiger partial charge in [-0.3, -0.25) is 4.79 Å². The van der Waals surface area contributed by atoms with Crippen molar-refractivity contribution in [2.24, 2.45) is 5.92 Å². The predicted molar refractivity (Wildman–Crippen MR) is 231 cm³/mol. The van der Waals surface area contributed by atoms with Crippen LogP contribution in [0.25, 0.3) is 0 Å². The highest BCUT2D eigenvalue weighted by molar-refractivity contribution is 6.74. The Bertz CT molecular complexity index is 1850. The first-order valence-electron chi connectivity index (χ1n) is 21.3. The second kappa shape index (κ2) is 26.1. The molecule has 2 N–H and O–H groups in total. The van der Waals surface area contributed by atoms with Crippen molar-refractivity contribution in [1.29, 1.82) is 0 Å². The summed E-state index contributed by atoms with van der Waals surface area (Å²) in [7, 11) is -3.73. The maximum atomic E-state index is 13.2. The first-order valence-corrected chi connectivity index (χ1v) is 27.1. The molecule has 0 radical (unpaired) electrons. The van der Waals surface area contributed by atoms with Crippen LogP contribution in [0.1, 0.15) is 95.9 Å². The molecule has 1 saturated heterocycles. The molecule has 74 heavy (non-hydrogen) atoms. The molecule has 0 bridgehead atoms. The van der Waals surface area contributed by atoms with E-state index in [2.05, 4.69) is 59.4 Å². The molecular formula is C42H64F18O12Si2. The van der Waals surface area contributed by atoms with E-state index in [1.807, 2.05) is 40.8 Å². The molecule has 1 aliphatic heterocycles. The molecule has 1 rings (SSSR count). The molecular weight excluding hydrogens is 1090 g/mol. The second-order valence-corrected chi connectivity index (χ2v) is 29.7. The van der Waals surface area contributed by atoms with Gasteiger partial charge in [0.25, 0.3) is 23.4 Å². The smallest absolute Gasteiger partial charge is 0.434 e. The lowest BCUT2D eigenvalue weighted by molar-refractivity contribution is -0.331. The Balaban J connectivity index is -0.000000941. The minimum absolute atomic E-state index is 0.111. The summed E-state index contributed by atoms with van der Waals surface area (Å²) < 4.78 is 249. The molecule has 1 fully saturated rings. The Morgan fingerprint density at radius 3 is 1.34 bits per heavy atom. The summed E-state index contributed by atoms with van der Waals surface area (Å²) in [6, 6.07) is 0. The molecule has 4 atom stereocenters. The predicted octanol–water partition coefficient (Wildman–Crippen LogP) is 12.4. The number of hydrogen-bond donors (Lipinski definition) is 2. The molecule has 12 nitrogen and oxygen atoms in total. The van der Waals surface area contributed by atoms with Gasteiger partial charge in [-0.15, -0.1) is 0 Å². The van der Waals surface area contributed by atoms with Crippen molar-refractivity contribution in [2.45, 2.75) is 205 Å². The van der Waals surface area contributed by atoms with E-state index in [1.54, 1.807) is 0 Å². The zero-order valence-electron chi connectivity index (χ0n) is 43.1. The Morgan fingerprint density at radius 1 is 0.689 bits per heavy atom. The van der Waals surface area contributed by atoms with Crippen LogP contribution < -0.4 is 0 Å². The molecule has 0 aromatic carbocycles. The monoisotopic (exact) mass is 1160 g/mol. The molecule has 1 heterocycles. The van der Waals surface area contributed by atoms with Crippen molar-refractivity contribution in [3.63, 3.8) is 0 Å². The molecule has 438 valence electrons. The highest BCUT2D eigenvalue weighted by Gasteiger charge is 2.71. The van der Waals surface area contributed by atoms with Crippen LogP contribution in [0.3, 0.4) is 0 Å². The van der Waals surface area contributed by atoms with Crippen molar-refractivity contribution in [3.8, 4) is 0 Å². The molecule has 0 aliphatic carbocycles. The van der Waals surface area contributed by atoms with Gasteiger partial charge in [-0.05, 0) is 69.5 Å². The number of aliphatic hydroxyl groups is 2. The van der Waals surface area contributed by atoms with Gasteiger partial charge in [-0.25, -0.2) is 14.4 Å². The maximum Gasteiger partial charge on any atom is 0.434 e. The minimum atomic E-state index is -6.18. The molecule has 0 spiro atoms. The average molecular weight is 1160 g/mol. The number of aliphatic hydroxyl groups excluding tert-OH is 1. The van der Waals surface area contributed by atoms with Crippen LogP contribution in [-0.4, -0.2) is 130 Å². The van der Waals surface area contributed by atoms with Crippen LogP contribution in [-0.2, 0) is 47.0 Å². The molecule has 0 aromatic rings. The average Bonchev–Trinajstić information content (AvgIpc) is 3.46. The zero-order chi connectivity index (χ0) is 60.4. The zero-order valence-corrected chi connectivity index (χ0v) is 45.1. The summed E-state index contributed by atoms with van der Waals surface area (Å²) in [5.74, 6) is -9.74. The van der Waals surface area contributed by atoms with Crippen LogP contribution in [0.5, 0.6) is 0 Å². The summed E-state index contributed by atoms with van der Waals surface area (Å²) in [6.07, 6.45) is -47.9. The van der Waals surface area contributed by atoms with E-state index < -0.39 is 132 Å². The number of rotatable bonds is 13. The molecule has 32 heteroatoms. The van der Waals surface area contributed by atoms with E-state index in [4.69, 9.17) is 14.0 Å². The standard InChI is InChI=1S/C16H29F3O4Si.C10H9F9O4.C10H22OSi.C6H4F6O3/c1-11(2)23-13(20)15(21,16(17,18)19)9-12(3)10-22-24(7,8)14(4,5)6;1-3-2-7(10(17,18)19,23-4(3)20)6(21)22-5(8(11,12)13)9(14,15)16;1-9(2)8-11-12(6,7)10(3,4)5;1-2(13)3(14)15-4(5(7,8)9)6(10,11)12/h10-11,21H,9H2,1-8H3;3-5,20H,2H2,1H3;1,8H2,2-7H3;4H,1H3/b12-10+;;;. The van der Waals surface area contributed by atoms with E-state index >= 15 is 0 Å². The quantitative estimate of drug-likeness (QED) is 0.0342. The SMILES string of the molecule is C/C(=C\O[Si](C)(C)C(C)(C)C)CC(O)(C(=O)OC(C)C)C(F)(F)F.C=C(C)CO[Si](C)(C)C(C)(C)C.CC(=O)C(=O)OC(C(F)(F)F)C(F)(F)F.CC1CC(C(=O)OC(C(F)(F)F)C(F)(F)F)(C(F)(F)F)OC1O. The van der Waals surface area contributed by atoms with Gasteiger partial charge >= 0.3 is 55.0 Å². The van der Waals surface area contributed by atoms with Gasteiger partial charge in [-0.1, -0.05) is 60.6 Å². The van der Waals surface area contributed by atoms with Crippen molar-refractivity contribution < 1.29 is 136 Å². The van der Waals surface area contributed by atoms with Crippen LogP contribution in [0, 0.1) is 5.92 Å². The van der Waals surface area contributed by atoms with Crippen molar-refractivity contribution >= 4 is 40.3 Å². The number of hydrogen-bond acceptors (Lipinski definition) is 12. The number of ether oxygens (including phenoxy) is 4. The fraction of sp³-hybridized carbons (Fsp3) is 0.810. The van der Waals surface area contributed by atoms with Crippen molar-refractivity contribution in [2.75, 3.05) is 6.61 Å². The summed E-state index contributed by atoms with van der Waals surface area (Å²) in [5.41, 5.74) is -6.48. The fourth-order valence-corrected chi connectivity index (χ4v) is 6.26. The normalized spacial score (nSPS) is 19.5. The largest absolute Gasteiger partial charge is 0.549 e. The Kier molecular flexibility index (Phi) is 26.4. The first-order chi connectivity index (χ1) is 32.1. The number of esters is 3. The van der Waals surface area contributed by atoms with Gasteiger partial charge in [0.2, 0.25) is 14.1 Å². The van der Waals surface area contributed by atoms with Crippen molar-refractivity contribution in [1.82, 2.24) is 0 Å². The number of ketones is 1. The van der Waals surface area contributed by atoms with Gasteiger partial charge in [0.15, 0.2) is 14.6 Å². The Morgan fingerprint density at radius 2 is 1.07 bits per heavy atom. The van der Waals surface area contributed by atoms with Crippen LogP contribution >= 0.6 is 0 Å². The van der Waals surface area contributed by atoms with Gasteiger partial charge < -0.3 is 38.0 Å². The molecule has 4 unspecified atom stereocenters. The molecule has 0 amide bonds. The summed E-state index contributed by atoms with van der Waals surface area (Å²) in [6.45, 7) is 33.4. The van der Waals surface area contributed by atoms with Crippen LogP contribution in [0.2, 0.25) is 36.3 Å². The third kappa shape index (κ3) is 23.3. The van der Waals surface area contributed by atoms with Gasteiger partial charge in [0.05, 0.1) is 19.0 Å². The molecule has 0 aromatic heterocycles. The lowest BCUT2D eigenvalue weighted by Crippen LogP contribution is -2.56. The summed E-state index contributed by atoms with van der Waals surface area (Å²) in [5, 5.41) is 19.2. The first kappa shape index (κ1) is 74.6. The third-order valence-corrected chi connectivity index (χ3v) is 19.5. The minimum Gasteiger partial charge on any atom is -0.549 e. The Labute approximate surface area is 417 Å². The highest BCUT2D eigenvalue weighted by atomic mass is 28.4. The Hall–Kier alpha value is -3.63. The number of carbonyl (C=O) groups excluding carboxylic acids is 4. The fourth-order valence-electron chi connectivity index (χ4n) is 4.37. The summed E-state index contributed by atoms with van der Waals surface area (Å²) in [4.78, 5) is 43.6. The molecule has 0 saturated carbocycles.